The molecule has 1 aliphatic heterocycles. The summed E-state index contributed by atoms with van der Waals surface area (Å²) in [5, 5.41) is 3.36. The lowest BCUT2D eigenvalue weighted by atomic mass is 10.0. The van der Waals surface area contributed by atoms with E-state index in [1.54, 1.807) is 0 Å². The molecule has 1 N–H and O–H groups in total. The van der Waals surface area contributed by atoms with Gasteiger partial charge in [-0.25, -0.2) is 13.4 Å². The fourth-order valence-electron chi connectivity index (χ4n) is 2.62. The van der Waals surface area contributed by atoms with Crippen LogP contribution in [-0.2, 0) is 9.84 Å². The standard InChI is InChI=1S/C12H19N3O2S/c1-9-7-15(10-3-4-10)11(13-9)14-12(2)5-6-18(16,17)8-12/h7,10H,3-6,8H2,1-2H3,(H,13,14). The van der Waals surface area contributed by atoms with E-state index in [-0.39, 0.29) is 17.0 Å². The smallest absolute Gasteiger partial charge is 0.203 e. The number of aromatic nitrogens is 2. The van der Waals surface area contributed by atoms with Gasteiger partial charge in [-0.15, -0.1) is 0 Å². The van der Waals surface area contributed by atoms with E-state index < -0.39 is 9.84 Å². The van der Waals surface area contributed by atoms with Crippen LogP contribution in [0.4, 0.5) is 5.95 Å². The van der Waals surface area contributed by atoms with Crippen molar-refractivity contribution in [2.75, 3.05) is 16.8 Å². The number of imidazole rings is 1. The zero-order chi connectivity index (χ0) is 13.0. The third-order valence-electron chi connectivity index (χ3n) is 3.71. The van der Waals surface area contributed by atoms with Crippen molar-refractivity contribution in [3.05, 3.63) is 11.9 Å². The van der Waals surface area contributed by atoms with Crippen molar-refractivity contribution >= 4 is 15.8 Å². The normalized spacial score (nSPS) is 30.6. The highest BCUT2D eigenvalue weighted by Gasteiger charge is 2.39. The van der Waals surface area contributed by atoms with E-state index in [4.69, 9.17) is 0 Å². The van der Waals surface area contributed by atoms with Gasteiger partial charge in [-0.2, -0.15) is 0 Å². The SMILES string of the molecule is Cc1cn(C2CC2)c(NC2(C)CCS(=O)(=O)C2)n1. The predicted molar refractivity (Wildman–Crippen MR) is 70.5 cm³/mol. The fourth-order valence-corrected chi connectivity index (χ4v) is 4.71. The Hall–Kier alpha value is -1.04. The molecule has 2 fully saturated rings. The molecule has 2 aliphatic rings. The van der Waals surface area contributed by atoms with Crippen LogP contribution in [0.2, 0.25) is 0 Å². The molecule has 1 aromatic rings. The molecule has 2 heterocycles. The molecule has 1 saturated carbocycles. The molecule has 1 aliphatic carbocycles. The zero-order valence-electron chi connectivity index (χ0n) is 10.8. The first-order chi connectivity index (χ1) is 8.37. The summed E-state index contributed by atoms with van der Waals surface area (Å²) in [4.78, 5) is 4.49. The van der Waals surface area contributed by atoms with Crippen LogP contribution in [0.5, 0.6) is 0 Å². The third-order valence-corrected chi connectivity index (χ3v) is 5.61. The van der Waals surface area contributed by atoms with E-state index in [9.17, 15) is 8.42 Å². The van der Waals surface area contributed by atoms with Gasteiger partial charge in [0, 0.05) is 12.2 Å². The van der Waals surface area contributed by atoms with Gasteiger partial charge in [-0.05, 0) is 33.1 Å². The van der Waals surface area contributed by atoms with Gasteiger partial charge in [0.15, 0.2) is 9.84 Å². The maximum atomic E-state index is 11.6. The predicted octanol–water partition coefficient (Wildman–Crippen LogP) is 1.52. The second kappa shape index (κ2) is 3.73. The van der Waals surface area contributed by atoms with Crippen LogP contribution in [0, 0.1) is 6.92 Å². The minimum Gasteiger partial charge on any atom is -0.349 e. The van der Waals surface area contributed by atoms with E-state index in [0.29, 0.717) is 12.5 Å². The highest BCUT2D eigenvalue weighted by Crippen LogP contribution is 2.38. The number of hydrogen-bond donors (Lipinski definition) is 1. The molecule has 18 heavy (non-hydrogen) atoms. The van der Waals surface area contributed by atoms with Gasteiger partial charge < -0.3 is 9.88 Å². The van der Waals surface area contributed by atoms with Gasteiger partial charge in [0.05, 0.1) is 22.7 Å². The van der Waals surface area contributed by atoms with Crippen LogP contribution in [0.15, 0.2) is 6.20 Å². The molecule has 6 heteroatoms. The topological polar surface area (TPSA) is 64.0 Å². The van der Waals surface area contributed by atoms with Crippen molar-refractivity contribution in [3.8, 4) is 0 Å². The van der Waals surface area contributed by atoms with E-state index in [0.717, 1.165) is 11.6 Å². The number of rotatable bonds is 3. The van der Waals surface area contributed by atoms with Crippen molar-refractivity contribution in [1.29, 1.82) is 0 Å². The van der Waals surface area contributed by atoms with Gasteiger partial charge in [0.2, 0.25) is 5.95 Å². The minimum atomic E-state index is -2.88. The van der Waals surface area contributed by atoms with Crippen molar-refractivity contribution in [2.24, 2.45) is 0 Å². The summed E-state index contributed by atoms with van der Waals surface area (Å²) in [6.07, 6.45) is 5.09. The van der Waals surface area contributed by atoms with E-state index in [1.165, 1.54) is 12.8 Å². The van der Waals surface area contributed by atoms with E-state index in [2.05, 4.69) is 14.9 Å². The molecule has 0 bridgehead atoms. The van der Waals surface area contributed by atoms with Gasteiger partial charge in [0.1, 0.15) is 0 Å². The molecule has 100 valence electrons. The molecule has 0 amide bonds. The average molecular weight is 269 g/mol. The molecule has 0 spiro atoms. The van der Waals surface area contributed by atoms with Crippen LogP contribution >= 0.6 is 0 Å². The van der Waals surface area contributed by atoms with Crippen molar-refractivity contribution in [1.82, 2.24) is 9.55 Å². The number of aryl methyl sites for hydroxylation is 1. The molecule has 1 saturated heterocycles. The van der Waals surface area contributed by atoms with Crippen LogP contribution in [-0.4, -0.2) is 35.0 Å². The molecule has 1 aromatic heterocycles. The highest BCUT2D eigenvalue weighted by molar-refractivity contribution is 7.91. The Bertz CT molecular complexity index is 574. The molecule has 1 unspecified atom stereocenters. The first-order valence-corrected chi connectivity index (χ1v) is 8.23. The van der Waals surface area contributed by atoms with Crippen LogP contribution in [0.3, 0.4) is 0 Å². The number of sulfone groups is 1. The van der Waals surface area contributed by atoms with Gasteiger partial charge in [-0.3, -0.25) is 0 Å². The number of anilines is 1. The van der Waals surface area contributed by atoms with Crippen LogP contribution in [0.25, 0.3) is 0 Å². The first-order valence-electron chi connectivity index (χ1n) is 6.41. The summed E-state index contributed by atoms with van der Waals surface area (Å²) in [6, 6.07) is 0.551. The Morgan fingerprint density at radius 3 is 2.78 bits per heavy atom. The zero-order valence-corrected chi connectivity index (χ0v) is 11.6. The molecule has 3 rings (SSSR count). The second-order valence-electron chi connectivity index (χ2n) is 5.87. The highest BCUT2D eigenvalue weighted by atomic mass is 32.2. The monoisotopic (exact) mass is 269 g/mol. The third kappa shape index (κ3) is 2.25. The minimum absolute atomic E-state index is 0.205. The molecule has 1 atom stereocenters. The Labute approximate surface area is 108 Å². The van der Waals surface area contributed by atoms with Crippen LogP contribution in [0.1, 0.15) is 37.9 Å². The Kier molecular flexibility index (Phi) is 2.49. The van der Waals surface area contributed by atoms with Gasteiger partial charge in [-0.1, -0.05) is 0 Å². The maximum Gasteiger partial charge on any atom is 0.203 e. The summed E-state index contributed by atoms with van der Waals surface area (Å²) >= 11 is 0. The first kappa shape index (κ1) is 12.0. The number of nitrogens with one attached hydrogen (secondary N) is 1. The van der Waals surface area contributed by atoms with Crippen molar-refractivity contribution in [3.63, 3.8) is 0 Å². The molecular formula is C12H19N3O2S. The summed E-state index contributed by atoms with van der Waals surface area (Å²) in [6.45, 7) is 3.94. The van der Waals surface area contributed by atoms with Gasteiger partial charge in [0.25, 0.3) is 0 Å². The van der Waals surface area contributed by atoms with Crippen LogP contribution < -0.4 is 5.32 Å². The van der Waals surface area contributed by atoms with E-state index in [1.807, 2.05) is 20.0 Å². The quantitative estimate of drug-likeness (QED) is 0.903. The van der Waals surface area contributed by atoms with E-state index >= 15 is 0 Å². The Morgan fingerprint density at radius 1 is 1.50 bits per heavy atom. The lowest BCUT2D eigenvalue weighted by molar-refractivity contribution is 0.561. The summed E-state index contributed by atoms with van der Waals surface area (Å²) < 4.78 is 25.4. The molecule has 5 nitrogen and oxygen atoms in total. The fraction of sp³-hybridized carbons (Fsp3) is 0.750. The largest absolute Gasteiger partial charge is 0.349 e. The molecule has 0 aromatic carbocycles. The maximum absolute atomic E-state index is 11.6. The molecule has 0 radical (unpaired) electrons. The Balaban J connectivity index is 1.84. The number of hydrogen-bond acceptors (Lipinski definition) is 4. The second-order valence-corrected chi connectivity index (χ2v) is 8.06. The van der Waals surface area contributed by atoms with Crippen molar-refractivity contribution in [2.45, 2.75) is 44.7 Å². The summed E-state index contributed by atoms with van der Waals surface area (Å²) in [7, 11) is -2.88. The number of nitrogens with zero attached hydrogens (tertiary/aromatic N) is 2. The molecular weight excluding hydrogens is 250 g/mol. The Morgan fingerprint density at radius 2 is 2.22 bits per heavy atom. The lowest BCUT2D eigenvalue weighted by Gasteiger charge is -2.25. The summed E-state index contributed by atoms with van der Waals surface area (Å²) in [5.41, 5.74) is 0.609. The van der Waals surface area contributed by atoms with Crippen molar-refractivity contribution < 1.29 is 8.42 Å². The summed E-state index contributed by atoms with van der Waals surface area (Å²) in [5.74, 6) is 1.31. The lowest BCUT2D eigenvalue weighted by Crippen LogP contribution is -2.37. The van der Waals surface area contributed by atoms with Gasteiger partial charge >= 0.3 is 0 Å². The average Bonchev–Trinajstić information content (AvgIpc) is 2.96.